The smallest absolute Gasteiger partial charge is 0.251 e. The number of nitrogens with zero attached hydrogens (tertiary/aromatic N) is 6. The molecule has 1 unspecified atom stereocenters. The van der Waals surface area contributed by atoms with Crippen molar-refractivity contribution in [1.29, 1.82) is 0 Å². The van der Waals surface area contributed by atoms with E-state index < -0.39 is 0 Å². The van der Waals surface area contributed by atoms with Crippen molar-refractivity contribution in [2.24, 2.45) is 18.0 Å². The maximum absolute atomic E-state index is 12.7. The first kappa shape index (κ1) is 33.5. The number of anilines is 2. The third kappa shape index (κ3) is 7.77. The van der Waals surface area contributed by atoms with Gasteiger partial charge in [0.25, 0.3) is 5.91 Å². The van der Waals surface area contributed by atoms with Gasteiger partial charge in [-0.25, -0.2) is 9.97 Å². The van der Waals surface area contributed by atoms with Crippen molar-refractivity contribution in [3.63, 3.8) is 0 Å². The van der Waals surface area contributed by atoms with Gasteiger partial charge in [-0.2, -0.15) is 5.10 Å². The minimum absolute atomic E-state index is 0.135. The van der Waals surface area contributed by atoms with E-state index >= 15 is 0 Å². The number of aliphatic imine (C=N–C) groups is 1. The number of carbonyl (C=O) groups is 1. The normalized spacial score (nSPS) is 13.4. The molecule has 10 heteroatoms. The van der Waals surface area contributed by atoms with Crippen LogP contribution in [-0.4, -0.2) is 78.1 Å². The molecule has 0 fully saturated rings. The van der Waals surface area contributed by atoms with Gasteiger partial charge in [0, 0.05) is 49.7 Å². The van der Waals surface area contributed by atoms with Gasteiger partial charge in [0.15, 0.2) is 0 Å². The van der Waals surface area contributed by atoms with E-state index in [9.17, 15) is 4.79 Å². The summed E-state index contributed by atoms with van der Waals surface area (Å²) < 4.78 is 7.61. The van der Waals surface area contributed by atoms with Crippen LogP contribution in [0.5, 0.6) is 5.75 Å². The number of benzene rings is 2. The first-order valence-electron chi connectivity index (χ1n) is 16.3. The highest BCUT2D eigenvalue weighted by atomic mass is 16.5. The van der Waals surface area contributed by atoms with Crippen LogP contribution in [0.1, 0.15) is 53.9 Å². The Morgan fingerprint density at radius 1 is 1.15 bits per heavy atom. The molecule has 2 heterocycles. The highest BCUT2D eigenvalue weighted by molar-refractivity contribution is 6.10. The zero-order valence-corrected chi connectivity index (χ0v) is 28.6. The number of fused-ring (bicyclic) bond motifs is 3. The van der Waals surface area contributed by atoms with Crippen LogP contribution in [0.25, 0.3) is 28.1 Å². The summed E-state index contributed by atoms with van der Waals surface area (Å²) >= 11 is 0. The van der Waals surface area contributed by atoms with Gasteiger partial charge >= 0.3 is 0 Å². The predicted molar refractivity (Wildman–Crippen MR) is 191 cm³/mol. The van der Waals surface area contributed by atoms with Crippen LogP contribution in [0, 0.1) is 5.92 Å². The topological polar surface area (TPSA) is 110 Å². The summed E-state index contributed by atoms with van der Waals surface area (Å²) in [6.07, 6.45) is 9.70. The molecule has 47 heavy (non-hydrogen) atoms. The number of ether oxygens (including phenoxy) is 1. The Labute approximate surface area is 278 Å². The summed E-state index contributed by atoms with van der Waals surface area (Å²) in [5.74, 6) is 1.31. The SMILES string of the molecule is CCC(C)/C=C(\C=NC)c1ccc(-c2c3c(nn2C)CCc2cnc(Nc4ccc(C(=O)NCCCN(C)C)cc4OC)nc2-3)cc1. The average Bonchev–Trinajstić information content (AvgIpc) is 3.42. The van der Waals surface area contributed by atoms with Gasteiger partial charge in [0.2, 0.25) is 5.95 Å². The summed E-state index contributed by atoms with van der Waals surface area (Å²) in [5, 5.41) is 11.2. The Balaban J connectivity index is 1.42. The number of allylic oxidation sites excluding steroid dienone is 2. The molecule has 1 aliphatic carbocycles. The zero-order chi connectivity index (χ0) is 33.5. The van der Waals surface area contributed by atoms with Crippen LogP contribution < -0.4 is 15.4 Å². The fourth-order valence-electron chi connectivity index (χ4n) is 5.81. The molecule has 0 spiro atoms. The molecule has 1 aliphatic rings. The lowest BCUT2D eigenvalue weighted by Crippen LogP contribution is -2.27. The number of carbonyl (C=O) groups excluding carboxylic acids is 1. The molecular weight excluding hydrogens is 588 g/mol. The maximum atomic E-state index is 12.7. The standard InChI is InChI=1S/C37H46N8O2/c1-8-24(2)20-29(22-38-3)25-10-12-26(13-11-25)35-33-31(43-45(35)6)17-15-28-23-40-37(42-34(28)33)41-30-16-14-27(21-32(30)47-7)36(46)39-18-9-19-44(4)5/h10-14,16,20-24H,8-9,15,17-19H2,1-7H3,(H,39,46)(H,40,41,42)/b29-20+,38-22?. The van der Waals surface area contributed by atoms with Gasteiger partial charge < -0.3 is 20.3 Å². The van der Waals surface area contributed by atoms with E-state index in [0.717, 1.165) is 77.1 Å². The van der Waals surface area contributed by atoms with Crippen LogP contribution in [0.2, 0.25) is 0 Å². The summed E-state index contributed by atoms with van der Waals surface area (Å²) in [6, 6.07) is 14.0. The Hall–Kier alpha value is -4.83. The van der Waals surface area contributed by atoms with Crippen molar-refractivity contribution < 1.29 is 9.53 Å². The van der Waals surface area contributed by atoms with Gasteiger partial charge in [-0.3, -0.25) is 14.5 Å². The Morgan fingerprint density at radius 2 is 1.91 bits per heavy atom. The summed E-state index contributed by atoms with van der Waals surface area (Å²) in [5.41, 5.74) is 9.56. The molecule has 2 aromatic carbocycles. The quantitative estimate of drug-likeness (QED) is 0.133. The van der Waals surface area contributed by atoms with Crippen LogP contribution in [0.4, 0.5) is 11.6 Å². The molecule has 0 saturated carbocycles. The van der Waals surface area contributed by atoms with Gasteiger partial charge in [-0.1, -0.05) is 50.6 Å². The highest BCUT2D eigenvalue weighted by Gasteiger charge is 2.27. The van der Waals surface area contributed by atoms with Crippen LogP contribution in [0.3, 0.4) is 0 Å². The third-order valence-corrected chi connectivity index (χ3v) is 8.50. The zero-order valence-electron chi connectivity index (χ0n) is 28.6. The second-order valence-electron chi connectivity index (χ2n) is 12.3. The number of aromatic nitrogens is 4. The fraction of sp³-hybridized carbons (Fsp3) is 0.378. The van der Waals surface area contributed by atoms with Crippen molar-refractivity contribution in [2.75, 3.05) is 46.7 Å². The Morgan fingerprint density at radius 3 is 2.62 bits per heavy atom. The minimum atomic E-state index is -0.135. The van der Waals surface area contributed by atoms with Crippen molar-refractivity contribution in [3.8, 4) is 28.3 Å². The number of rotatable bonds is 13. The van der Waals surface area contributed by atoms with Crippen molar-refractivity contribution in [1.82, 2.24) is 30.0 Å². The second kappa shape index (κ2) is 15.2. The van der Waals surface area contributed by atoms with Crippen LogP contribution in [0.15, 0.2) is 59.7 Å². The molecule has 0 radical (unpaired) electrons. The number of aryl methyl sites for hydroxylation is 3. The monoisotopic (exact) mass is 634 g/mol. The number of nitrogens with one attached hydrogen (secondary N) is 2. The lowest BCUT2D eigenvalue weighted by atomic mass is 9.91. The van der Waals surface area contributed by atoms with E-state index in [1.807, 2.05) is 51.4 Å². The van der Waals surface area contributed by atoms with E-state index in [0.29, 0.717) is 35.4 Å². The van der Waals surface area contributed by atoms with E-state index in [-0.39, 0.29) is 5.91 Å². The average molecular weight is 635 g/mol. The summed E-state index contributed by atoms with van der Waals surface area (Å²) in [4.78, 5) is 28.8. The molecule has 4 aromatic rings. The third-order valence-electron chi connectivity index (χ3n) is 8.50. The first-order chi connectivity index (χ1) is 22.7. The minimum Gasteiger partial charge on any atom is -0.495 e. The molecule has 5 rings (SSSR count). The number of methoxy groups -OCH3 is 1. The van der Waals surface area contributed by atoms with E-state index in [2.05, 4.69) is 69.7 Å². The van der Waals surface area contributed by atoms with Crippen LogP contribution >= 0.6 is 0 Å². The van der Waals surface area contributed by atoms with E-state index in [4.69, 9.17) is 14.8 Å². The summed E-state index contributed by atoms with van der Waals surface area (Å²) in [7, 11) is 9.42. The van der Waals surface area contributed by atoms with E-state index in [1.165, 1.54) is 0 Å². The number of hydrogen-bond donors (Lipinski definition) is 2. The maximum Gasteiger partial charge on any atom is 0.251 e. The molecule has 0 bridgehead atoms. The van der Waals surface area contributed by atoms with Crippen LogP contribution in [-0.2, 0) is 19.9 Å². The number of amides is 1. The molecule has 1 atom stereocenters. The molecule has 2 aromatic heterocycles. The van der Waals surface area contributed by atoms with E-state index in [1.54, 1.807) is 19.2 Å². The molecular formula is C37H46N8O2. The molecule has 1 amide bonds. The lowest BCUT2D eigenvalue weighted by Gasteiger charge is -2.18. The van der Waals surface area contributed by atoms with Crippen molar-refractivity contribution >= 4 is 29.3 Å². The highest BCUT2D eigenvalue weighted by Crippen LogP contribution is 2.40. The van der Waals surface area contributed by atoms with Gasteiger partial charge in [-0.05, 0) is 80.7 Å². The van der Waals surface area contributed by atoms with Gasteiger partial charge in [0.05, 0.1) is 29.9 Å². The van der Waals surface area contributed by atoms with Crippen molar-refractivity contribution in [2.45, 2.75) is 39.5 Å². The number of hydrogen-bond acceptors (Lipinski definition) is 8. The second-order valence-corrected chi connectivity index (χ2v) is 12.3. The molecule has 10 nitrogen and oxygen atoms in total. The fourth-order valence-corrected chi connectivity index (χ4v) is 5.81. The molecule has 246 valence electrons. The lowest BCUT2D eigenvalue weighted by molar-refractivity contribution is 0.0952. The van der Waals surface area contributed by atoms with Gasteiger partial charge in [-0.15, -0.1) is 0 Å². The van der Waals surface area contributed by atoms with Crippen molar-refractivity contribution in [3.05, 3.63) is 77.1 Å². The predicted octanol–water partition coefficient (Wildman–Crippen LogP) is 6.21. The largest absolute Gasteiger partial charge is 0.495 e. The molecule has 2 N–H and O–H groups in total. The first-order valence-corrected chi connectivity index (χ1v) is 16.3. The molecule has 0 aliphatic heterocycles. The van der Waals surface area contributed by atoms with Gasteiger partial charge in [0.1, 0.15) is 5.75 Å². The Kier molecular flexibility index (Phi) is 10.8. The Bertz CT molecular complexity index is 1770. The summed E-state index contributed by atoms with van der Waals surface area (Å²) in [6.45, 7) is 5.94. The molecule has 0 saturated heterocycles.